The van der Waals surface area contributed by atoms with Crippen molar-refractivity contribution in [1.29, 1.82) is 0 Å². The minimum atomic E-state index is -1.06. The van der Waals surface area contributed by atoms with Gasteiger partial charge in [0.1, 0.15) is 30.1 Å². The number of pyridine rings is 1. The van der Waals surface area contributed by atoms with Crippen LogP contribution in [0.25, 0.3) is 33.3 Å². The summed E-state index contributed by atoms with van der Waals surface area (Å²) in [6, 6.07) is 11.3. The van der Waals surface area contributed by atoms with Crippen LogP contribution < -0.4 is 15.6 Å². The van der Waals surface area contributed by atoms with Gasteiger partial charge in [-0.25, -0.2) is 10.4 Å². The summed E-state index contributed by atoms with van der Waals surface area (Å²) in [6.45, 7) is 11.7. The Bertz CT molecular complexity index is 2340. The van der Waals surface area contributed by atoms with E-state index < -0.39 is 41.3 Å². The van der Waals surface area contributed by atoms with Crippen LogP contribution in [-0.4, -0.2) is 87.9 Å². The second kappa shape index (κ2) is 21.1. The molecule has 0 saturated carbocycles. The Hall–Kier alpha value is -4.68. The predicted octanol–water partition coefficient (Wildman–Crippen LogP) is 6.38. The highest BCUT2D eigenvalue weighted by Gasteiger charge is 2.37. The largest absolute Gasteiger partial charge is 0.508 e. The molecule has 0 spiro atoms. The number of hydrogen-bond donors (Lipinski definition) is 3. The van der Waals surface area contributed by atoms with Gasteiger partial charge < -0.3 is 33.8 Å². The first-order chi connectivity index (χ1) is 28.3. The number of carbonyl (C=O) groups is 3. The summed E-state index contributed by atoms with van der Waals surface area (Å²) in [4.78, 5) is 53.0. The number of amides is 2. The van der Waals surface area contributed by atoms with E-state index in [-0.39, 0.29) is 71.2 Å². The molecule has 62 heavy (non-hydrogen) atoms. The molecule has 2 amide bonds. The van der Waals surface area contributed by atoms with Gasteiger partial charge in [-0.2, -0.15) is 40.5 Å². The highest BCUT2D eigenvalue weighted by molar-refractivity contribution is 7.59. The lowest BCUT2D eigenvalue weighted by atomic mass is 9.84. The number of anilines is 1. The van der Waals surface area contributed by atoms with E-state index in [2.05, 4.69) is 58.2 Å². The number of cyclic esters (lactones) is 1. The molecule has 1 fully saturated rings. The summed E-state index contributed by atoms with van der Waals surface area (Å²) in [5.41, 5.74) is 10.0. The topological polar surface area (TPSA) is 164 Å². The first-order valence-corrected chi connectivity index (χ1v) is 20.4. The van der Waals surface area contributed by atoms with E-state index in [1.54, 1.807) is 37.4 Å². The number of fused-ring (bicyclic) bond motifs is 6. The summed E-state index contributed by atoms with van der Waals surface area (Å²) < 4.78 is 19.5. The molecular formula is C45H61N7O7S3. The van der Waals surface area contributed by atoms with E-state index in [1.165, 1.54) is 17.5 Å². The van der Waals surface area contributed by atoms with E-state index in [9.17, 15) is 19.5 Å². The summed E-state index contributed by atoms with van der Waals surface area (Å²) in [6.07, 6.45) is 8.28. The van der Waals surface area contributed by atoms with Gasteiger partial charge in [-0.15, -0.1) is 0 Å². The van der Waals surface area contributed by atoms with E-state index in [1.807, 2.05) is 38.2 Å². The zero-order valence-electron chi connectivity index (χ0n) is 36.4. The van der Waals surface area contributed by atoms with Crippen LogP contribution in [0.1, 0.15) is 64.2 Å². The molecule has 7 rings (SSSR count). The average Bonchev–Trinajstić information content (AvgIpc) is 3.86. The molecule has 5 aromatic rings. The van der Waals surface area contributed by atoms with Crippen LogP contribution >= 0.6 is 40.5 Å². The molecular weight excluding hydrogens is 847 g/mol. The van der Waals surface area contributed by atoms with E-state index in [4.69, 9.17) is 13.9 Å². The predicted molar refractivity (Wildman–Crippen MR) is 255 cm³/mol. The molecule has 2 aliphatic heterocycles. The number of phenols is 1. The third-order valence-corrected chi connectivity index (χ3v) is 11.4. The maximum absolute atomic E-state index is 14.5. The lowest BCUT2D eigenvalue weighted by Crippen LogP contribution is -2.62. The summed E-state index contributed by atoms with van der Waals surface area (Å²) >= 11 is 0. The zero-order chi connectivity index (χ0) is 42.0. The Labute approximate surface area is 384 Å². The van der Waals surface area contributed by atoms with E-state index in [0.29, 0.717) is 44.5 Å². The van der Waals surface area contributed by atoms with Gasteiger partial charge in [0.15, 0.2) is 0 Å². The van der Waals surface area contributed by atoms with Crippen molar-refractivity contribution >= 4 is 75.2 Å². The number of aromatic nitrogens is 3. The number of ether oxygens (including phenoxy) is 2. The molecule has 2 aromatic carbocycles. The molecule has 6 bridgehead atoms. The van der Waals surface area contributed by atoms with Crippen molar-refractivity contribution in [3.63, 3.8) is 0 Å². The average molecular weight is 908 g/mol. The lowest BCUT2D eigenvalue weighted by Gasteiger charge is -2.36. The van der Waals surface area contributed by atoms with Gasteiger partial charge in [0, 0.05) is 67.9 Å². The number of hydrogen-bond acceptors (Lipinski definition) is 11. The maximum atomic E-state index is 14.5. The Morgan fingerprint density at radius 1 is 1.10 bits per heavy atom. The monoisotopic (exact) mass is 907 g/mol. The van der Waals surface area contributed by atoms with Crippen LogP contribution in [0.15, 0.2) is 71.7 Å². The van der Waals surface area contributed by atoms with Crippen LogP contribution in [0.5, 0.6) is 5.75 Å². The minimum absolute atomic E-state index is 0. The van der Waals surface area contributed by atoms with Gasteiger partial charge in [0.2, 0.25) is 5.91 Å². The standard InChI is InChI=1S/C45H55N7O7.3H2S/c1-8-51-38-12-11-29-22-33(38)34(40(51)35-24-46-14-13-30(35)25-57-7)23-45(4,5)26-59-43(56)36-10-9-16-52(49-36)42(55)37(20-28-18-31(29)21-32(53)19-28)48-41(54)39(27(2)3)50(6)44-47-15-17-58-44;;;/h11-15,17-19,21-22,24,27,36-37,39,49,53H,8-10,16,20,23,25-26H2,1-7H3,(H,48,54);3*1H2/t36-,37-,39-;;;/m0.../s1. The third-order valence-electron chi connectivity index (χ3n) is 11.4. The molecule has 5 heterocycles. The van der Waals surface area contributed by atoms with E-state index in [0.717, 1.165) is 44.4 Å². The molecule has 3 N–H and O–H groups in total. The SMILES string of the molecule is CCn1c(-c2cnccc2COC)c2c3cc(ccc31)-c1cc(O)cc(c1)C[C@H](NC(=O)[C@H](C(C)C)N(C)c1ncco1)C(=O)N1CCC[C@H](N1)C(=O)OCC(C)(C)C2.S.S.S. The van der Waals surface area contributed by atoms with Crippen molar-refractivity contribution in [2.45, 2.75) is 91.6 Å². The quantitative estimate of drug-likeness (QED) is 0.141. The van der Waals surface area contributed by atoms with Gasteiger partial charge in [0.05, 0.1) is 25.1 Å². The van der Waals surface area contributed by atoms with Crippen LogP contribution in [0, 0.1) is 11.3 Å². The molecule has 14 nitrogen and oxygen atoms in total. The fraction of sp³-hybridized carbons (Fsp3) is 0.444. The second-order valence-corrected chi connectivity index (χ2v) is 16.8. The molecule has 0 aliphatic carbocycles. The fourth-order valence-corrected chi connectivity index (χ4v) is 8.62. The van der Waals surface area contributed by atoms with Gasteiger partial charge in [0.25, 0.3) is 11.9 Å². The second-order valence-electron chi connectivity index (χ2n) is 16.8. The van der Waals surface area contributed by atoms with Crippen molar-refractivity contribution < 1.29 is 33.4 Å². The fourth-order valence-electron chi connectivity index (χ4n) is 8.62. The lowest BCUT2D eigenvalue weighted by molar-refractivity contribution is -0.155. The first-order valence-electron chi connectivity index (χ1n) is 20.4. The number of oxazole rings is 1. The number of rotatable bonds is 9. The van der Waals surface area contributed by atoms with Crippen molar-refractivity contribution in [2.75, 3.05) is 32.2 Å². The van der Waals surface area contributed by atoms with Crippen LogP contribution in [0.3, 0.4) is 0 Å². The molecule has 0 unspecified atom stereocenters. The molecule has 336 valence electrons. The van der Waals surface area contributed by atoms with Crippen molar-refractivity contribution in [1.82, 2.24) is 30.3 Å². The van der Waals surface area contributed by atoms with Crippen molar-refractivity contribution in [3.05, 3.63) is 84.0 Å². The first kappa shape index (κ1) is 50.0. The number of methoxy groups -OCH3 is 1. The Morgan fingerprint density at radius 3 is 2.56 bits per heavy atom. The molecule has 1 saturated heterocycles. The van der Waals surface area contributed by atoms with Crippen molar-refractivity contribution in [3.8, 4) is 28.1 Å². The number of benzene rings is 2. The van der Waals surface area contributed by atoms with Gasteiger partial charge >= 0.3 is 5.97 Å². The number of nitrogens with zero attached hydrogens (tertiary/aromatic N) is 5. The number of carbonyl (C=O) groups excluding carboxylic acids is 3. The number of esters is 1. The molecule has 2 aliphatic rings. The summed E-state index contributed by atoms with van der Waals surface area (Å²) in [7, 11) is 3.41. The highest BCUT2D eigenvalue weighted by atomic mass is 32.1. The molecule has 3 atom stereocenters. The Kier molecular flexibility index (Phi) is 17.0. The summed E-state index contributed by atoms with van der Waals surface area (Å²) in [5.74, 6) is -1.41. The van der Waals surface area contributed by atoms with Crippen LogP contribution in [0.2, 0.25) is 0 Å². The number of hydrazine groups is 1. The number of likely N-dealkylation sites (N-methyl/N-ethyl adjacent to an activating group) is 1. The van der Waals surface area contributed by atoms with Crippen molar-refractivity contribution in [2.24, 2.45) is 11.3 Å². The smallest absolute Gasteiger partial charge is 0.324 e. The Morgan fingerprint density at radius 2 is 1.87 bits per heavy atom. The van der Waals surface area contributed by atoms with E-state index >= 15 is 0 Å². The highest BCUT2D eigenvalue weighted by Crippen LogP contribution is 2.41. The number of aromatic hydroxyl groups is 1. The molecule has 0 radical (unpaired) electrons. The molecule has 3 aromatic heterocycles. The normalized spacial score (nSPS) is 18.1. The third kappa shape index (κ3) is 10.6. The van der Waals surface area contributed by atoms with Gasteiger partial charge in [-0.3, -0.25) is 24.4 Å². The van der Waals surface area contributed by atoms with Gasteiger partial charge in [-0.05, 0) is 90.3 Å². The van der Waals surface area contributed by atoms with Crippen LogP contribution in [0.4, 0.5) is 6.01 Å². The minimum Gasteiger partial charge on any atom is -0.508 e. The Balaban J connectivity index is 0.00000282. The van der Waals surface area contributed by atoms with Crippen LogP contribution in [-0.2, 0) is 49.9 Å². The van der Waals surface area contributed by atoms with Gasteiger partial charge in [-0.1, -0.05) is 39.8 Å². The number of phenolic OH excluding ortho intramolecular Hbond substituents is 1. The zero-order valence-corrected chi connectivity index (χ0v) is 39.4. The number of nitrogens with one attached hydrogen (secondary N) is 2. The number of aryl methyl sites for hydroxylation is 1. The maximum Gasteiger partial charge on any atom is 0.324 e. The summed E-state index contributed by atoms with van der Waals surface area (Å²) in [5, 5.41) is 16.7. The molecule has 17 heteroatoms.